The molecule has 2 N–H and O–H groups in total. The number of hydrogen-bond acceptors (Lipinski definition) is 8. The second-order valence-corrected chi connectivity index (χ2v) is 20.8. The predicted molar refractivity (Wildman–Crippen MR) is 387 cm³/mol. The number of benzene rings is 2. The lowest BCUT2D eigenvalue weighted by Crippen LogP contribution is -2.93. The lowest BCUT2D eigenvalue weighted by Gasteiger charge is -2.55. The summed E-state index contributed by atoms with van der Waals surface area (Å²) in [6, 6.07) is 17.9. The highest BCUT2D eigenvalue weighted by molar-refractivity contribution is 8.33. The van der Waals surface area contributed by atoms with Crippen LogP contribution in [-0.4, -0.2) is 350 Å². The average Bonchev–Trinajstić information content (AvgIpc) is 4.16. The largest absolute Gasteiger partial charge is 0.490 e. The Labute approximate surface area is 516 Å². The number of anilines is 2. The van der Waals surface area contributed by atoms with Gasteiger partial charge < -0.3 is 34.1 Å². The van der Waals surface area contributed by atoms with Crippen molar-refractivity contribution in [1.82, 2.24) is 19.1 Å². The van der Waals surface area contributed by atoms with Crippen molar-refractivity contribution >= 4 is 309 Å². The van der Waals surface area contributed by atoms with Crippen molar-refractivity contribution in [2.45, 2.75) is 12.1 Å². The first-order valence-corrected chi connectivity index (χ1v) is 26.3. The number of imidazole rings is 2. The minimum atomic E-state index is -1.30. The number of fused-ring (bicyclic) bond motifs is 2. The van der Waals surface area contributed by atoms with Crippen LogP contribution in [0.3, 0.4) is 0 Å². The Hall–Kier alpha value is -1.76. The van der Waals surface area contributed by atoms with Gasteiger partial charge in [-0.2, -0.15) is 5.26 Å². The normalized spacial score (nSPS) is 12.4. The highest BCUT2D eigenvalue weighted by Crippen LogP contribution is 2.37. The topological polar surface area (TPSA) is 110 Å². The molecular formula is C28H32B42N8O2. The van der Waals surface area contributed by atoms with Crippen LogP contribution in [0.2, 0.25) is 0 Å². The Bertz CT molecular complexity index is 2360. The molecule has 0 bridgehead atoms. The van der Waals surface area contributed by atoms with Crippen LogP contribution >= 0.6 is 0 Å². The Balaban J connectivity index is 0.000000293. The zero-order chi connectivity index (χ0) is 60.0. The van der Waals surface area contributed by atoms with Crippen LogP contribution in [-0.2, 0) is 14.1 Å². The van der Waals surface area contributed by atoms with E-state index in [4.69, 9.17) is 185 Å². The van der Waals surface area contributed by atoms with Crippen LogP contribution < -0.4 is 25.0 Å². The van der Waals surface area contributed by atoms with E-state index in [9.17, 15) is 5.26 Å². The fourth-order valence-corrected chi connectivity index (χ4v) is 11.8. The SMILES string of the molecule is Cn1cnc(C(C#N)N2CCOc3ccccc32)c1.Cn1cnc(C(CN)N2CCOc3ccccc32)c1.[B]B([B])B(B([B])[B])B(B([B])[B])B(B(B(B([B])[B])B([B])[B])B(B([B])[B])B([B])[B])B(B(B([B])[B])B([B])[B])B(B([B])[B])B([B])[B]. The molecule has 4 heterocycles. The second kappa shape index (κ2) is 33.2. The summed E-state index contributed by atoms with van der Waals surface area (Å²) in [5, 5.41) is 9.48. The Morgan fingerprint density at radius 2 is 0.762 bits per heavy atom. The van der Waals surface area contributed by atoms with Gasteiger partial charge in [-0.1, -0.05) is 24.3 Å². The summed E-state index contributed by atoms with van der Waals surface area (Å²) in [4.78, 5) is 13.1. The number of para-hydroxylation sites is 4. The molecular weight excluding hydrogens is 934 g/mol. The van der Waals surface area contributed by atoms with Crippen molar-refractivity contribution in [3.63, 3.8) is 0 Å². The van der Waals surface area contributed by atoms with Gasteiger partial charge in [0.05, 0.1) is 60.6 Å². The van der Waals surface area contributed by atoms with E-state index in [0.29, 0.717) is 26.3 Å². The Kier molecular flexibility index (Phi) is 29.4. The molecule has 0 saturated heterocycles. The predicted octanol–water partition coefficient (Wildman–Crippen LogP) is -12.8. The maximum absolute atomic E-state index is 9.48. The van der Waals surface area contributed by atoms with Gasteiger partial charge in [0.1, 0.15) is 24.7 Å². The number of hydrogen-bond donors (Lipinski definition) is 1. The van der Waals surface area contributed by atoms with Gasteiger partial charge in [-0.15, -0.1) is 0 Å². The van der Waals surface area contributed by atoms with E-state index in [1.165, 1.54) is 0 Å². The van der Waals surface area contributed by atoms with Gasteiger partial charge in [-0.25, -0.2) is 9.97 Å². The van der Waals surface area contributed by atoms with E-state index >= 15 is 0 Å². The molecule has 322 valence electrons. The first-order valence-electron chi connectivity index (χ1n) is 26.3. The summed E-state index contributed by atoms with van der Waals surface area (Å²) in [6.45, 7) is 3.31. The third-order valence-corrected chi connectivity index (χ3v) is 15.1. The molecule has 2 aliphatic rings. The van der Waals surface area contributed by atoms with Crippen molar-refractivity contribution in [3.05, 3.63) is 85.0 Å². The van der Waals surface area contributed by atoms with Crippen LogP contribution in [0.4, 0.5) is 11.4 Å². The lowest BCUT2D eigenvalue weighted by molar-refractivity contribution is 0.300. The molecule has 2 aliphatic heterocycles. The average molecular weight is 967 g/mol. The summed E-state index contributed by atoms with van der Waals surface area (Å²) < 4.78 is 15.1. The van der Waals surface area contributed by atoms with Crippen LogP contribution in [0.5, 0.6) is 11.5 Å². The van der Waals surface area contributed by atoms with Gasteiger partial charge in [0, 0.05) is 331 Å². The lowest BCUT2D eigenvalue weighted by atomic mass is 8.27. The van der Waals surface area contributed by atoms with Crippen molar-refractivity contribution < 1.29 is 9.47 Å². The summed E-state index contributed by atoms with van der Waals surface area (Å²) in [5.41, 5.74) is 9.78. The van der Waals surface area contributed by atoms with Crippen molar-refractivity contribution in [2.24, 2.45) is 19.8 Å². The van der Waals surface area contributed by atoms with Gasteiger partial charge >= 0.3 is 0 Å². The van der Waals surface area contributed by atoms with Gasteiger partial charge in [0.25, 0.3) is 0 Å². The fourth-order valence-electron chi connectivity index (χ4n) is 11.8. The Morgan fingerprint density at radius 3 is 1.07 bits per heavy atom. The van der Waals surface area contributed by atoms with Crippen molar-refractivity contribution in [3.8, 4) is 17.6 Å². The standard InChI is InChI=1S/C14H18N4O.C14H14N4O.B42/c2*1-17-9-11(16-10-17)13(8-15)18-6-7-19-14-5-3-2-4-12(14)18;1-23(2)34(24(3)4)39(33(21)22)42(40(35(25(5)6)26(7)8)36(27(9)10)28(11)12)41(37(29(13)14)30(15)16)38(31(17)18)32(19)20/h2-5,9-10,13H,6-8,15H2,1H3;2-5,9-10,13H,6-7H2,1H3;. The molecule has 0 amide bonds. The maximum atomic E-state index is 9.48. The van der Waals surface area contributed by atoms with Gasteiger partial charge in [-0.05, 0) is 24.3 Å². The molecule has 2 aromatic heterocycles. The summed E-state index contributed by atoms with van der Waals surface area (Å²) in [7, 11) is 142. The first kappa shape index (κ1) is 70.7. The number of rotatable bonds is 24. The van der Waals surface area contributed by atoms with E-state index in [0.717, 1.165) is 40.8 Å². The molecule has 2 aromatic carbocycles. The first-order chi connectivity index (χ1) is 37.6. The zero-order valence-corrected chi connectivity index (χ0v) is 45.9. The molecule has 44 radical (unpaired) electrons. The number of nitrogens with zero attached hydrogens (tertiary/aromatic N) is 7. The van der Waals surface area contributed by atoms with E-state index < -0.39 is 128 Å². The van der Waals surface area contributed by atoms with E-state index in [1.54, 1.807) is 6.33 Å². The molecule has 4 aromatic rings. The molecule has 0 saturated carbocycles. The molecule has 80 heavy (non-hydrogen) atoms. The minimum absolute atomic E-state index is 0.0891. The molecule has 10 nitrogen and oxygen atoms in total. The summed E-state index contributed by atoms with van der Waals surface area (Å²) >= 11 is 0. The van der Waals surface area contributed by atoms with Gasteiger partial charge in [-0.3, -0.25) is 0 Å². The van der Waals surface area contributed by atoms with Crippen LogP contribution in [0.25, 0.3) is 0 Å². The number of nitriles is 1. The third kappa shape index (κ3) is 18.1. The van der Waals surface area contributed by atoms with E-state index in [-0.39, 0.29) is 12.1 Å². The smallest absolute Gasteiger partial charge is 0.161 e. The monoisotopic (exact) mass is 975 g/mol. The quantitative estimate of drug-likeness (QED) is 0.0692. The molecule has 0 aliphatic carbocycles. The molecule has 0 spiro atoms. The van der Waals surface area contributed by atoms with Gasteiger partial charge in [0.2, 0.25) is 0 Å². The van der Waals surface area contributed by atoms with E-state index in [1.807, 2.05) is 89.3 Å². The van der Waals surface area contributed by atoms with Crippen LogP contribution in [0, 0.1) is 11.3 Å². The van der Waals surface area contributed by atoms with Crippen LogP contribution in [0.1, 0.15) is 23.5 Å². The van der Waals surface area contributed by atoms with Crippen molar-refractivity contribution in [1.29, 1.82) is 5.26 Å². The molecule has 6 rings (SSSR count). The molecule has 2 atom stereocenters. The summed E-state index contributed by atoms with van der Waals surface area (Å²) in [6.07, 6.45) is -16.0. The Morgan fingerprint density at radius 1 is 0.463 bits per heavy atom. The van der Waals surface area contributed by atoms with Crippen LogP contribution in [0.15, 0.2) is 73.6 Å². The minimum Gasteiger partial charge on any atom is -0.490 e. The fraction of sp³-hybridized carbons (Fsp3) is 0.321. The second-order valence-electron chi connectivity index (χ2n) is 20.8. The maximum Gasteiger partial charge on any atom is 0.161 e. The highest BCUT2D eigenvalue weighted by Gasteiger charge is 2.57. The number of aromatic nitrogens is 4. The zero-order valence-electron chi connectivity index (χ0n) is 45.9. The number of aryl methyl sites for hydroxylation is 2. The summed E-state index contributed by atoms with van der Waals surface area (Å²) in [5.74, 6) is 1.74. The van der Waals surface area contributed by atoms with Gasteiger partial charge in [0.15, 0.2) is 6.04 Å². The molecule has 52 heteroatoms. The number of ether oxygens (including phenoxy) is 2. The van der Waals surface area contributed by atoms with Crippen molar-refractivity contribution in [2.75, 3.05) is 42.6 Å². The number of nitrogens with two attached hydrogens (primary N) is 1. The third-order valence-electron chi connectivity index (χ3n) is 15.1. The highest BCUT2D eigenvalue weighted by atomic mass is 16.5. The molecule has 0 fully saturated rings. The molecule has 2 unspecified atom stereocenters. The van der Waals surface area contributed by atoms with E-state index in [2.05, 4.69) is 27.0 Å².